The summed E-state index contributed by atoms with van der Waals surface area (Å²) in [6.07, 6.45) is 11.1. The van der Waals surface area contributed by atoms with Gasteiger partial charge >= 0.3 is 0 Å². The van der Waals surface area contributed by atoms with Crippen LogP contribution in [0.2, 0.25) is 0 Å². The highest BCUT2D eigenvalue weighted by Crippen LogP contribution is 2.48. The fourth-order valence-electron chi connectivity index (χ4n) is 3.65. The zero-order valence-electron chi connectivity index (χ0n) is 9.71. The monoisotopic (exact) mass is 210 g/mol. The summed E-state index contributed by atoms with van der Waals surface area (Å²) in [5.41, 5.74) is -0.0323. The van der Waals surface area contributed by atoms with E-state index in [1.807, 2.05) is 0 Å². The molecule has 0 radical (unpaired) electrons. The van der Waals surface area contributed by atoms with E-state index in [1.165, 1.54) is 38.4 Å². The molecule has 0 aromatic carbocycles. The lowest BCUT2D eigenvalue weighted by Gasteiger charge is -2.39. The van der Waals surface area contributed by atoms with Crippen LogP contribution >= 0.6 is 0 Å². The van der Waals surface area contributed by atoms with Gasteiger partial charge in [-0.05, 0) is 31.6 Å². The Bertz CT molecular complexity index is 219. The lowest BCUT2D eigenvalue weighted by Crippen LogP contribution is -2.39. The highest BCUT2D eigenvalue weighted by molar-refractivity contribution is 5.60. The highest BCUT2D eigenvalue weighted by atomic mass is 16.5. The molecule has 2 fully saturated rings. The molecule has 0 unspecified atom stereocenters. The fraction of sp³-hybridized carbons (Fsp3) is 0.923. The second-order valence-electron chi connectivity index (χ2n) is 5.22. The molecule has 2 aliphatic rings. The summed E-state index contributed by atoms with van der Waals surface area (Å²) in [6, 6.07) is 0. The Kier molecular flexibility index (Phi) is 3.45. The summed E-state index contributed by atoms with van der Waals surface area (Å²) >= 11 is 0. The maximum atomic E-state index is 11.5. The first-order valence-electron chi connectivity index (χ1n) is 6.31. The summed E-state index contributed by atoms with van der Waals surface area (Å²) in [4.78, 5) is 11.5. The van der Waals surface area contributed by atoms with Crippen molar-refractivity contribution >= 4 is 6.29 Å². The predicted octanol–water partition coefficient (Wildman–Crippen LogP) is 2.95. The molecule has 0 spiro atoms. The van der Waals surface area contributed by atoms with Crippen LogP contribution in [0.1, 0.15) is 51.4 Å². The molecule has 2 aliphatic carbocycles. The topological polar surface area (TPSA) is 26.3 Å². The zero-order chi connectivity index (χ0) is 10.7. The average Bonchev–Trinajstić information content (AvgIpc) is 2.78. The molecule has 0 heterocycles. The molecule has 0 amide bonds. The average molecular weight is 210 g/mol. The van der Waals surface area contributed by atoms with Crippen LogP contribution in [0, 0.1) is 11.3 Å². The maximum Gasteiger partial charge on any atom is 0.126 e. The number of methoxy groups -OCH3 is 1. The molecule has 0 aromatic heterocycles. The van der Waals surface area contributed by atoms with Gasteiger partial charge in [-0.15, -0.1) is 0 Å². The first-order chi connectivity index (χ1) is 7.32. The third-order valence-corrected chi connectivity index (χ3v) is 4.51. The summed E-state index contributed by atoms with van der Waals surface area (Å²) < 4.78 is 5.54. The second kappa shape index (κ2) is 4.65. The van der Waals surface area contributed by atoms with Crippen molar-refractivity contribution in [1.29, 1.82) is 0 Å². The molecular weight excluding hydrogens is 188 g/mol. The number of ether oxygens (including phenoxy) is 1. The zero-order valence-corrected chi connectivity index (χ0v) is 9.71. The van der Waals surface area contributed by atoms with Crippen molar-refractivity contribution in [3.05, 3.63) is 0 Å². The predicted molar refractivity (Wildman–Crippen MR) is 59.7 cm³/mol. The third-order valence-electron chi connectivity index (χ3n) is 4.51. The van der Waals surface area contributed by atoms with Crippen LogP contribution in [0.15, 0.2) is 0 Å². The Labute approximate surface area is 92.4 Å². The van der Waals surface area contributed by atoms with Crippen molar-refractivity contribution in [1.82, 2.24) is 0 Å². The van der Waals surface area contributed by atoms with E-state index in [1.54, 1.807) is 7.11 Å². The molecule has 0 saturated heterocycles. The van der Waals surface area contributed by atoms with Crippen LogP contribution in [0.4, 0.5) is 0 Å². The summed E-state index contributed by atoms with van der Waals surface area (Å²) in [6.45, 7) is 0. The van der Waals surface area contributed by atoms with Gasteiger partial charge in [-0.25, -0.2) is 0 Å². The van der Waals surface area contributed by atoms with Gasteiger partial charge in [0.2, 0.25) is 0 Å². The molecule has 15 heavy (non-hydrogen) atoms. The second-order valence-corrected chi connectivity index (χ2v) is 5.22. The molecule has 86 valence electrons. The molecule has 0 aromatic rings. The first-order valence-corrected chi connectivity index (χ1v) is 6.31. The third kappa shape index (κ3) is 1.96. The Morgan fingerprint density at radius 2 is 1.87 bits per heavy atom. The van der Waals surface area contributed by atoms with Crippen molar-refractivity contribution in [3.63, 3.8) is 0 Å². The van der Waals surface area contributed by atoms with Crippen LogP contribution < -0.4 is 0 Å². The Morgan fingerprint density at radius 1 is 1.13 bits per heavy atom. The number of hydrogen-bond acceptors (Lipinski definition) is 2. The molecule has 2 saturated carbocycles. The maximum absolute atomic E-state index is 11.5. The Morgan fingerprint density at radius 3 is 2.47 bits per heavy atom. The van der Waals surface area contributed by atoms with E-state index in [-0.39, 0.29) is 5.41 Å². The normalized spacial score (nSPS) is 35.3. The number of hydrogen-bond donors (Lipinski definition) is 0. The van der Waals surface area contributed by atoms with Crippen LogP contribution in [0.25, 0.3) is 0 Å². The lowest BCUT2D eigenvalue weighted by atomic mass is 9.65. The summed E-state index contributed by atoms with van der Waals surface area (Å²) in [7, 11) is 1.80. The quantitative estimate of drug-likeness (QED) is 0.669. The molecule has 2 atom stereocenters. The minimum absolute atomic E-state index is 0.0323. The van der Waals surface area contributed by atoms with Crippen molar-refractivity contribution in [2.45, 2.75) is 57.5 Å². The molecule has 2 rings (SSSR count). The van der Waals surface area contributed by atoms with E-state index in [2.05, 4.69) is 0 Å². The Hall–Kier alpha value is -0.370. The molecule has 2 nitrogen and oxygen atoms in total. The smallest absolute Gasteiger partial charge is 0.126 e. The molecule has 0 aliphatic heterocycles. The van der Waals surface area contributed by atoms with Gasteiger partial charge in [-0.3, -0.25) is 0 Å². The van der Waals surface area contributed by atoms with Crippen molar-refractivity contribution < 1.29 is 9.53 Å². The van der Waals surface area contributed by atoms with Crippen LogP contribution in [-0.4, -0.2) is 19.5 Å². The molecule has 0 bridgehead atoms. The van der Waals surface area contributed by atoms with Crippen molar-refractivity contribution in [2.75, 3.05) is 7.11 Å². The van der Waals surface area contributed by atoms with Gasteiger partial charge in [-0.2, -0.15) is 0 Å². The van der Waals surface area contributed by atoms with E-state index in [4.69, 9.17) is 4.74 Å². The van der Waals surface area contributed by atoms with E-state index in [0.29, 0.717) is 12.0 Å². The molecular formula is C13H22O2. The van der Waals surface area contributed by atoms with Gasteiger partial charge in [-0.1, -0.05) is 25.7 Å². The molecule has 2 heteroatoms. The van der Waals surface area contributed by atoms with Crippen LogP contribution in [-0.2, 0) is 9.53 Å². The van der Waals surface area contributed by atoms with Gasteiger partial charge in [0, 0.05) is 12.5 Å². The summed E-state index contributed by atoms with van der Waals surface area (Å²) in [5, 5.41) is 0. The van der Waals surface area contributed by atoms with Crippen LogP contribution in [0.5, 0.6) is 0 Å². The fourth-order valence-corrected chi connectivity index (χ4v) is 3.65. The van der Waals surface area contributed by atoms with E-state index < -0.39 is 0 Å². The van der Waals surface area contributed by atoms with E-state index >= 15 is 0 Å². The number of carbonyl (C=O) groups excluding carboxylic acids is 1. The standard InChI is InChI=1S/C13H22O2/c1-15-12-7-5-6-11(12)13(10-14)8-3-2-4-9-13/h10-12H,2-9H2,1H3/t11-,12-/m0/s1. The lowest BCUT2D eigenvalue weighted by molar-refractivity contribution is -0.124. The van der Waals surface area contributed by atoms with Gasteiger partial charge in [0.1, 0.15) is 6.29 Å². The van der Waals surface area contributed by atoms with E-state index in [9.17, 15) is 4.79 Å². The summed E-state index contributed by atoms with van der Waals surface area (Å²) in [5.74, 6) is 0.500. The number of aldehydes is 1. The van der Waals surface area contributed by atoms with Gasteiger partial charge in [0.15, 0.2) is 0 Å². The first kappa shape index (κ1) is 11.1. The van der Waals surface area contributed by atoms with Crippen LogP contribution in [0.3, 0.4) is 0 Å². The Balaban J connectivity index is 2.13. The van der Waals surface area contributed by atoms with Gasteiger partial charge in [0.05, 0.1) is 6.10 Å². The van der Waals surface area contributed by atoms with Crippen molar-refractivity contribution in [2.24, 2.45) is 11.3 Å². The minimum Gasteiger partial charge on any atom is -0.381 e. The van der Waals surface area contributed by atoms with Crippen molar-refractivity contribution in [3.8, 4) is 0 Å². The van der Waals surface area contributed by atoms with Gasteiger partial charge < -0.3 is 9.53 Å². The number of rotatable bonds is 3. The van der Waals surface area contributed by atoms with E-state index in [0.717, 1.165) is 19.3 Å². The SMILES string of the molecule is CO[C@H]1CCC[C@@H]1C1(C=O)CCCCC1. The number of carbonyl (C=O) groups is 1. The largest absolute Gasteiger partial charge is 0.381 e. The highest BCUT2D eigenvalue weighted by Gasteiger charge is 2.45. The minimum atomic E-state index is -0.0323. The molecule has 0 N–H and O–H groups in total. The van der Waals surface area contributed by atoms with Gasteiger partial charge in [0.25, 0.3) is 0 Å².